The smallest absolute Gasteiger partial charge is 0.120 e. The van der Waals surface area contributed by atoms with Crippen molar-refractivity contribution in [3.05, 3.63) is 47.7 Å². The molecule has 0 spiro atoms. The molecule has 21 heavy (non-hydrogen) atoms. The van der Waals surface area contributed by atoms with Gasteiger partial charge < -0.3 is 10.5 Å². The minimum atomic E-state index is 0. The Hall–Kier alpha value is -2.09. The number of ether oxygens (including phenoxy) is 1. The molecule has 4 nitrogen and oxygen atoms in total. The molecular formula is C16H16ClN3O. The van der Waals surface area contributed by atoms with E-state index in [1.165, 1.54) is 5.56 Å². The summed E-state index contributed by atoms with van der Waals surface area (Å²) in [5, 5.41) is 9.04. The zero-order valence-corrected chi connectivity index (χ0v) is 12.4. The Morgan fingerprint density at radius 1 is 1.33 bits per heavy atom. The lowest BCUT2D eigenvalue weighted by atomic mass is 10.1. The second-order valence-electron chi connectivity index (χ2n) is 5.04. The van der Waals surface area contributed by atoms with Crippen molar-refractivity contribution in [2.24, 2.45) is 5.73 Å². The first-order valence-electron chi connectivity index (χ1n) is 6.52. The highest BCUT2D eigenvalue weighted by Gasteiger charge is 2.34. The van der Waals surface area contributed by atoms with Crippen molar-refractivity contribution in [1.29, 1.82) is 5.26 Å². The summed E-state index contributed by atoms with van der Waals surface area (Å²) in [6, 6.07) is 11.8. The zero-order valence-electron chi connectivity index (χ0n) is 11.6. The highest BCUT2D eigenvalue weighted by Crippen LogP contribution is 2.39. The van der Waals surface area contributed by atoms with Crippen LogP contribution in [0, 0.1) is 11.3 Å². The van der Waals surface area contributed by atoms with E-state index in [4.69, 9.17) is 15.7 Å². The van der Waals surface area contributed by atoms with Crippen molar-refractivity contribution in [2.75, 3.05) is 7.11 Å². The number of hydrogen-bond donors (Lipinski definition) is 1. The lowest BCUT2D eigenvalue weighted by molar-refractivity contribution is 0.415. The van der Waals surface area contributed by atoms with E-state index in [1.54, 1.807) is 13.2 Å². The van der Waals surface area contributed by atoms with Crippen LogP contribution in [0.5, 0.6) is 5.75 Å². The van der Waals surface area contributed by atoms with Crippen molar-refractivity contribution in [3.8, 4) is 23.1 Å². The first kappa shape index (κ1) is 15.3. The van der Waals surface area contributed by atoms with Crippen LogP contribution in [0.1, 0.15) is 23.5 Å². The second kappa shape index (κ2) is 6.13. The standard InChI is InChI=1S/C16H15N3O.ClH/c1-20-13-5-10(8-17)4-12(6-13)16-3-2-11(9-19-16)14-7-15(14)18;/h2-6,9,14-15H,7,18H2,1H3;1H. The maximum absolute atomic E-state index is 9.04. The summed E-state index contributed by atoms with van der Waals surface area (Å²) < 4.78 is 5.21. The highest BCUT2D eigenvalue weighted by molar-refractivity contribution is 5.85. The van der Waals surface area contributed by atoms with Gasteiger partial charge in [0.25, 0.3) is 0 Å². The third-order valence-corrected chi connectivity index (χ3v) is 3.62. The molecule has 1 saturated carbocycles. The monoisotopic (exact) mass is 301 g/mol. The van der Waals surface area contributed by atoms with E-state index < -0.39 is 0 Å². The number of nitrogens with zero attached hydrogens (tertiary/aromatic N) is 2. The maximum atomic E-state index is 9.04. The molecule has 5 heteroatoms. The predicted octanol–water partition coefficient (Wildman–Crippen LogP) is 2.87. The highest BCUT2D eigenvalue weighted by atomic mass is 35.5. The van der Waals surface area contributed by atoms with Gasteiger partial charge in [-0.25, -0.2) is 0 Å². The summed E-state index contributed by atoms with van der Waals surface area (Å²) in [5.74, 6) is 1.12. The van der Waals surface area contributed by atoms with Gasteiger partial charge in [-0.3, -0.25) is 4.98 Å². The molecule has 1 aromatic carbocycles. The Labute approximate surface area is 130 Å². The summed E-state index contributed by atoms with van der Waals surface area (Å²) in [4.78, 5) is 4.47. The average Bonchev–Trinajstić information content (AvgIpc) is 3.23. The largest absolute Gasteiger partial charge is 0.497 e. The fourth-order valence-electron chi connectivity index (χ4n) is 2.32. The van der Waals surface area contributed by atoms with Gasteiger partial charge in [-0.05, 0) is 36.2 Å². The molecule has 1 heterocycles. The maximum Gasteiger partial charge on any atom is 0.120 e. The summed E-state index contributed by atoms with van der Waals surface area (Å²) >= 11 is 0. The van der Waals surface area contributed by atoms with E-state index >= 15 is 0 Å². The van der Waals surface area contributed by atoms with Gasteiger partial charge in [-0.15, -0.1) is 12.4 Å². The number of halogens is 1. The van der Waals surface area contributed by atoms with Gasteiger partial charge in [-0.2, -0.15) is 5.26 Å². The molecule has 2 aromatic rings. The van der Waals surface area contributed by atoms with Gasteiger partial charge in [0, 0.05) is 23.7 Å². The number of hydrogen-bond acceptors (Lipinski definition) is 4. The van der Waals surface area contributed by atoms with Crippen molar-refractivity contribution in [3.63, 3.8) is 0 Å². The van der Waals surface area contributed by atoms with Gasteiger partial charge in [0.2, 0.25) is 0 Å². The van der Waals surface area contributed by atoms with Crippen LogP contribution < -0.4 is 10.5 Å². The van der Waals surface area contributed by atoms with Crippen LogP contribution in [-0.4, -0.2) is 18.1 Å². The summed E-state index contributed by atoms with van der Waals surface area (Å²) in [7, 11) is 1.59. The fourth-order valence-corrected chi connectivity index (χ4v) is 2.32. The SMILES string of the molecule is COc1cc(C#N)cc(-c2ccc(C3CC3N)cn2)c1.Cl. The second-order valence-corrected chi connectivity index (χ2v) is 5.04. The normalized spacial score (nSPS) is 19.3. The van der Waals surface area contributed by atoms with Crippen LogP contribution in [0.25, 0.3) is 11.3 Å². The minimum Gasteiger partial charge on any atom is -0.497 e. The van der Waals surface area contributed by atoms with Crippen molar-refractivity contribution < 1.29 is 4.74 Å². The van der Waals surface area contributed by atoms with E-state index in [-0.39, 0.29) is 18.4 Å². The zero-order chi connectivity index (χ0) is 14.1. The number of methoxy groups -OCH3 is 1. The quantitative estimate of drug-likeness (QED) is 0.946. The van der Waals surface area contributed by atoms with Crippen molar-refractivity contribution in [2.45, 2.75) is 18.4 Å². The topological polar surface area (TPSA) is 71.9 Å². The van der Waals surface area contributed by atoms with E-state index in [0.29, 0.717) is 17.2 Å². The van der Waals surface area contributed by atoms with Crippen LogP contribution in [0.2, 0.25) is 0 Å². The van der Waals surface area contributed by atoms with E-state index in [0.717, 1.165) is 17.7 Å². The van der Waals surface area contributed by atoms with Crippen LogP contribution in [-0.2, 0) is 0 Å². The van der Waals surface area contributed by atoms with E-state index in [9.17, 15) is 0 Å². The first-order valence-corrected chi connectivity index (χ1v) is 6.52. The van der Waals surface area contributed by atoms with Crippen molar-refractivity contribution >= 4 is 12.4 Å². The van der Waals surface area contributed by atoms with Crippen LogP contribution >= 0.6 is 12.4 Å². The number of benzene rings is 1. The Bertz CT molecular complexity index is 679. The molecule has 0 amide bonds. The van der Waals surface area contributed by atoms with Crippen LogP contribution in [0.4, 0.5) is 0 Å². The molecule has 0 saturated heterocycles. The molecule has 1 aliphatic carbocycles. The van der Waals surface area contributed by atoms with E-state index in [2.05, 4.69) is 17.1 Å². The number of nitriles is 1. The number of aromatic nitrogens is 1. The Balaban J connectivity index is 0.00000161. The number of rotatable bonds is 3. The van der Waals surface area contributed by atoms with Gasteiger partial charge >= 0.3 is 0 Å². The molecule has 0 aliphatic heterocycles. The molecule has 0 radical (unpaired) electrons. The Morgan fingerprint density at radius 2 is 2.10 bits per heavy atom. The number of nitrogens with two attached hydrogens (primary N) is 1. The van der Waals surface area contributed by atoms with Gasteiger partial charge in [0.1, 0.15) is 5.75 Å². The van der Waals surface area contributed by atoms with Crippen LogP contribution in [0.3, 0.4) is 0 Å². The van der Waals surface area contributed by atoms with Gasteiger partial charge in [0.15, 0.2) is 0 Å². The fraction of sp³-hybridized carbons (Fsp3) is 0.250. The summed E-state index contributed by atoms with van der Waals surface area (Å²) in [6.45, 7) is 0. The van der Waals surface area contributed by atoms with E-state index in [1.807, 2.05) is 24.4 Å². The third-order valence-electron chi connectivity index (χ3n) is 3.62. The molecule has 2 unspecified atom stereocenters. The minimum absolute atomic E-state index is 0. The molecule has 1 aliphatic rings. The average molecular weight is 302 g/mol. The molecule has 108 valence electrons. The summed E-state index contributed by atoms with van der Waals surface area (Å²) in [5.41, 5.74) is 9.31. The number of pyridine rings is 1. The molecular weight excluding hydrogens is 286 g/mol. The third kappa shape index (κ3) is 3.15. The first-order chi connectivity index (χ1) is 9.71. The Morgan fingerprint density at radius 3 is 2.62 bits per heavy atom. The molecule has 2 N–H and O–H groups in total. The molecule has 1 aromatic heterocycles. The predicted molar refractivity (Wildman–Crippen MR) is 83.5 cm³/mol. The molecule has 1 fully saturated rings. The lowest BCUT2D eigenvalue weighted by Gasteiger charge is -2.06. The molecule has 3 rings (SSSR count). The lowest BCUT2D eigenvalue weighted by Crippen LogP contribution is -2.01. The molecule has 2 atom stereocenters. The molecule has 0 bridgehead atoms. The van der Waals surface area contributed by atoms with Crippen LogP contribution in [0.15, 0.2) is 36.5 Å². The summed E-state index contributed by atoms with van der Waals surface area (Å²) in [6.07, 6.45) is 2.91. The van der Waals surface area contributed by atoms with Gasteiger partial charge in [0.05, 0.1) is 24.4 Å². The van der Waals surface area contributed by atoms with Gasteiger partial charge in [-0.1, -0.05) is 6.07 Å². The van der Waals surface area contributed by atoms with Crippen molar-refractivity contribution in [1.82, 2.24) is 4.98 Å². The Kier molecular flexibility index (Phi) is 4.46.